The zero-order valence-electron chi connectivity index (χ0n) is 21.6. The quantitative estimate of drug-likeness (QED) is 0.497. The summed E-state index contributed by atoms with van der Waals surface area (Å²) in [7, 11) is 1.67. The van der Waals surface area contributed by atoms with Crippen LogP contribution in [0.1, 0.15) is 39.3 Å². The van der Waals surface area contributed by atoms with Crippen LogP contribution in [0.5, 0.6) is 17.2 Å². The van der Waals surface area contributed by atoms with Gasteiger partial charge in [-0.05, 0) is 66.2 Å². The van der Waals surface area contributed by atoms with Crippen molar-refractivity contribution < 1.29 is 23.8 Å². The van der Waals surface area contributed by atoms with Gasteiger partial charge in [0, 0.05) is 42.7 Å². The molecular formula is C29H31N3O5S. The molecule has 2 aromatic carbocycles. The molecule has 8 nitrogen and oxygen atoms in total. The number of hydrogen-bond acceptors (Lipinski definition) is 7. The molecule has 4 heterocycles. The van der Waals surface area contributed by atoms with Gasteiger partial charge in [0.05, 0.1) is 19.7 Å². The summed E-state index contributed by atoms with van der Waals surface area (Å²) in [5.74, 6) is 2.12. The smallest absolute Gasteiger partial charge is 0.254 e. The van der Waals surface area contributed by atoms with Gasteiger partial charge >= 0.3 is 0 Å². The number of amides is 2. The van der Waals surface area contributed by atoms with Crippen LogP contribution >= 0.6 is 11.3 Å². The first kappa shape index (κ1) is 24.8. The van der Waals surface area contributed by atoms with E-state index >= 15 is 0 Å². The van der Waals surface area contributed by atoms with E-state index in [1.165, 1.54) is 10.4 Å². The summed E-state index contributed by atoms with van der Waals surface area (Å²) in [5, 5.41) is 2.14. The van der Waals surface area contributed by atoms with E-state index in [4.69, 9.17) is 14.2 Å². The van der Waals surface area contributed by atoms with Gasteiger partial charge in [0.15, 0.2) is 11.5 Å². The van der Waals surface area contributed by atoms with Crippen LogP contribution in [0.2, 0.25) is 0 Å². The third-order valence-corrected chi connectivity index (χ3v) is 8.69. The summed E-state index contributed by atoms with van der Waals surface area (Å²) in [6.07, 6.45) is 0.946. The highest BCUT2D eigenvalue weighted by atomic mass is 32.1. The van der Waals surface area contributed by atoms with Crippen LogP contribution < -0.4 is 14.2 Å². The normalized spacial score (nSPS) is 20.8. The number of carbonyl (C=O) groups is 2. The van der Waals surface area contributed by atoms with E-state index < -0.39 is 0 Å². The molecule has 38 heavy (non-hydrogen) atoms. The SMILES string of the molecule is COc1ccc([C@H]2c3ccsc3CCN2CC(=O)N2CCN(C(=O)c3ccc4c(c3)OCO4)[C@H](C)C2)cc1. The van der Waals surface area contributed by atoms with Gasteiger partial charge in [0.2, 0.25) is 12.7 Å². The number of thiophene rings is 1. The van der Waals surface area contributed by atoms with E-state index in [0.717, 1.165) is 24.3 Å². The fourth-order valence-corrected chi connectivity index (χ4v) is 6.57. The summed E-state index contributed by atoms with van der Waals surface area (Å²) in [6, 6.07) is 15.6. The minimum atomic E-state index is -0.0900. The summed E-state index contributed by atoms with van der Waals surface area (Å²) in [5.41, 5.74) is 3.01. The Balaban J connectivity index is 1.13. The molecule has 3 aromatic rings. The lowest BCUT2D eigenvalue weighted by molar-refractivity contribution is -0.135. The minimum Gasteiger partial charge on any atom is -0.497 e. The Labute approximate surface area is 226 Å². The van der Waals surface area contributed by atoms with E-state index in [-0.39, 0.29) is 30.7 Å². The summed E-state index contributed by atoms with van der Waals surface area (Å²) < 4.78 is 16.2. The van der Waals surface area contributed by atoms with Crippen LogP contribution in [0.3, 0.4) is 0 Å². The molecule has 9 heteroatoms. The van der Waals surface area contributed by atoms with E-state index in [0.29, 0.717) is 43.2 Å². The third-order valence-electron chi connectivity index (χ3n) is 7.70. The second-order valence-electron chi connectivity index (χ2n) is 9.95. The lowest BCUT2D eigenvalue weighted by Gasteiger charge is -2.42. The first-order valence-corrected chi connectivity index (χ1v) is 13.8. The maximum atomic E-state index is 13.5. The number of nitrogens with zero attached hydrogens (tertiary/aromatic N) is 3. The molecule has 0 bridgehead atoms. The summed E-state index contributed by atoms with van der Waals surface area (Å²) in [6.45, 7) is 4.88. The average molecular weight is 534 g/mol. The van der Waals surface area contributed by atoms with Gasteiger partial charge in [0.1, 0.15) is 5.75 Å². The summed E-state index contributed by atoms with van der Waals surface area (Å²) >= 11 is 1.79. The molecule has 0 unspecified atom stereocenters. The molecule has 198 valence electrons. The Morgan fingerprint density at radius 3 is 2.63 bits per heavy atom. The van der Waals surface area contributed by atoms with E-state index in [2.05, 4.69) is 28.5 Å². The molecule has 0 N–H and O–H groups in total. The molecular weight excluding hydrogens is 502 g/mol. The van der Waals surface area contributed by atoms with Crippen molar-refractivity contribution in [1.29, 1.82) is 0 Å². The van der Waals surface area contributed by atoms with Gasteiger partial charge in [0.25, 0.3) is 5.91 Å². The van der Waals surface area contributed by atoms with Gasteiger partial charge < -0.3 is 24.0 Å². The monoisotopic (exact) mass is 533 g/mol. The highest BCUT2D eigenvalue weighted by Crippen LogP contribution is 2.38. The number of benzene rings is 2. The molecule has 0 saturated carbocycles. The maximum absolute atomic E-state index is 13.5. The highest BCUT2D eigenvalue weighted by Gasteiger charge is 2.35. The molecule has 2 amide bonds. The Morgan fingerprint density at radius 2 is 1.84 bits per heavy atom. The van der Waals surface area contributed by atoms with Gasteiger partial charge in [-0.3, -0.25) is 14.5 Å². The molecule has 1 fully saturated rings. The number of rotatable bonds is 5. The maximum Gasteiger partial charge on any atom is 0.254 e. The number of fused-ring (bicyclic) bond motifs is 2. The van der Waals surface area contributed by atoms with E-state index in [1.54, 1.807) is 36.6 Å². The van der Waals surface area contributed by atoms with Crippen molar-refractivity contribution in [1.82, 2.24) is 14.7 Å². The van der Waals surface area contributed by atoms with Crippen LogP contribution in [-0.4, -0.2) is 79.2 Å². The van der Waals surface area contributed by atoms with Gasteiger partial charge in [-0.15, -0.1) is 11.3 Å². The van der Waals surface area contributed by atoms with E-state index in [1.807, 2.05) is 28.9 Å². The number of hydrogen-bond donors (Lipinski definition) is 0. The zero-order chi connectivity index (χ0) is 26.2. The van der Waals surface area contributed by atoms with Gasteiger partial charge in [-0.1, -0.05) is 12.1 Å². The highest BCUT2D eigenvalue weighted by molar-refractivity contribution is 7.10. The third kappa shape index (κ3) is 4.61. The van der Waals surface area contributed by atoms with Gasteiger partial charge in [-0.25, -0.2) is 0 Å². The Hall–Kier alpha value is -3.56. The second-order valence-corrected chi connectivity index (χ2v) is 11.0. The number of piperazine rings is 1. The molecule has 0 radical (unpaired) electrons. The lowest BCUT2D eigenvalue weighted by Crippen LogP contribution is -2.57. The Morgan fingerprint density at radius 1 is 1.03 bits per heavy atom. The molecule has 6 rings (SSSR count). The predicted octanol–water partition coefficient (Wildman–Crippen LogP) is 3.81. The molecule has 3 aliphatic rings. The Bertz CT molecular complexity index is 1340. The largest absolute Gasteiger partial charge is 0.497 e. The number of carbonyl (C=O) groups excluding carboxylic acids is 2. The standard InChI is InChI=1S/C29H31N3O5S/c1-19-16-30(12-13-32(19)29(34)21-5-8-24-25(15-21)37-18-36-24)27(33)17-31-11-9-26-23(10-14-38-26)28(31)20-3-6-22(35-2)7-4-20/h3-8,10,14-15,19,28H,9,11-13,16-18H2,1-2H3/t19-,28+/m1/s1. The fourth-order valence-electron chi connectivity index (χ4n) is 5.67. The molecule has 1 saturated heterocycles. The van der Waals surface area contributed by atoms with Crippen molar-refractivity contribution in [2.75, 3.05) is 46.6 Å². The van der Waals surface area contributed by atoms with Crippen LogP contribution in [-0.2, 0) is 11.2 Å². The van der Waals surface area contributed by atoms with Crippen LogP contribution in [0.25, 0.3) is 0 Å². The number of ether oxygens (including phenoxy) is 3. The van der Waals surface area contributed by atoms with Crippen molar-refractivity contribution in [3.05, 3.63) is 75.5 Å². The molecule has 2 atom stereocenters. The topological polar surface area (TPSA) is 71.6 Å². The van der Waals surface area contributed by atoms with Crippen molar-refractivity contribution in [2.24, 2.45) is 0 Å². The van der Waals surface area contributed by atoms with Crippen LogP contribution in [0.4, 0.5) is 0 Å². The molecule has 0 aliphatic carbocycles. The first-order chi connectivity index (χ1) is 18.5. The lowest BCUT2D eigenvalue weighted by atomic mass is 9.93. The predicted molar refractivity (Wildman–Crippen MR) is 144 cm³/mol. The Kier molecular flexibility index (Phi) is 6.71. The minimum absolute atomic E-state index is 0.0335. The van der Waals surface area contributed by atoms with Gasteiger partial charge in [-0.2, -0.15) is 0 Å². The first-order valence-electron chi connectivity index (χ1n) is 12.9. The average Bonchev–Trinajstić information content (AvgIpc) is 3.62. The van der Waals surface area contributed by atoms with Crippen molar-refractivity contribution >= 4 is 23.2 Å². The number of methoxy groups -OCH3 is 1. The summed E-state index contributed by atoms with van der Waals surface area (Å²) in [4.78, 5) is 34.2. The zero-order valence-corrected chi connectivity index (χ0v) is 22.4. The van der Waals surface area contributed by atoms with Crippen molar-refractivity contribution in [3.63, 3.8) is 0 Å². The van der Waals surface area contributed by atoms with Crippen molar-refractivity contribution in [3.8, 4) is 17.2 Å². The second kappa shape index (κ2) is 10.3. The van der Waals surface area contributed by atoms with E-state index in [9.17, 15) is 9.59 Å². The molecule has 3 aliphatic heterocycles. The van der Waals surface area contributed by atoms with Crippen LogP contribution in [0.15, 0.2) is 53.9 Å². The molecule has 1 aromatic heterocycles. The van der Waals surface area contributed by atoms with Crippen LogP contribution in [0, 0.1) is 0 Å². The molecule has 0 spiro atoms. The fraction of sp³-hybridized carbons (Fsp3) is 0.379. The van der Waals surface area contributed by atoms with Crippen molar-refractivity contribution in [2.45, 2.75) is 25.4 Å².